The summed E-state index contributed by atoms with van der Waals surface area (Å²) in [5.74, 6) is 0.976. The van der Waals surface area contributed by atoms with E-state index in [-0.39, 0.29) is 12.2 Å². The highest BCUT2D eigenvalue weighted by Crippen LogP contribution is 2.31. The van der Waals surface area contributed by atoms with E-state index in [2.05, 4.69) is 24.1 Å². The Morgan fingerprint density at radius 2 is 2.00 bits per heavy atom. The number of amides is 1. The number of rotatable bonds is 2. The molecule has 1 N–H and O–H groups in total. The Morgan fingerprint density at radius 1 is 1.31 bits per heavy atom. The molecule has 4 atom stereocenters. The van der Waals surface area contributed by atoms with Crippen molar-refractivity contribution in [3.8, 4) is 0 Å². The van der Waals surface area contributed by atoms with Gasteiger partial charge in [0.1, 0.15) is 0 Å². The molecule has 4 unspecified atom stereocenters. The van der Waals surface area contributed by atoms with Gasteiger partial charge in [0, 0.05) is 6.04 Å². The lowest BCUT2D eigenvalue weighted by molar-refractivity contribution is -0.133. The van der Waals surface area contributed by atoms with Crippen LogP contribution in [0.1, 0.15) is 52.9 Å². The summed E-state index contributed by atoms with van der Waals surface area (Å²) in [5.41, 5.74) is 0. The van der Waals surface area contributed by atoms with Crippen LogP contribution in [0.3, 0.4) is 0 Å². The topological polar surface area (TPSA) is 32.3 Å². The number of hydrogen-bond donors (Lipinski definition) is 1. The fourth-order valence-corrected chi connectivity index (χ4v) is 3.24. The average molecular weight is 224 g/mol. The van der Waals surface area contributed by atoms with Crippen molar-refractivity contribution < 1.29 is 4.79 Å². The van der Waals surface area contributed by atoms with E-state index in [9.17, 15) is 4.79 Å². The number of carbonyl (C=O) groups excluding carboxylic acids is 1. The van der Waals surface area contributed by atoms with Gasteiger partial charge in [0.2, 0.25) is 5.91 Å². The van der Waals surface area contributed by atoms with Crippen molar-refractivity contribution >= 4 is 5.91 Å². The van der Waals surface area contributed by atoms with E-state index < -0.39 is 0 Å². The molecule has 1 saturated carbocycles. The molecule has 0 spiro atoms. The SMILES string of the molecule is CCC1NC(C)C(=O)N1C1CCCCC1C. The summed E-state index contributed by atoms with van der Waals surface area (Å²) in [6.45, 7) is 6.44. The van der Waals surface area contributed by atoms with E-state index in [0.29, 0.717) is 17.9 Å². The number of nitrogens with zero attached hydrogens (tertiary/aromatic N) is 1. The summed E-state index contributed by atoms with van der Waals surface area (Å²) in [5, 5.41) is 3.40. The molecule has 1 aliphatic carbocycles. The average Bonchev–Trinajstić information content (AvgIpc) is 2.56. The van der Waals surface area contributed by atoms with Crippen LogP contribution in [0.4, 0.5) is 0 Å². The highest BCUT2D eigenvalue weighted by Gasteiger charge is 2.41. The van der Waals surface area contributed by atoms with Gasteiger partial charge in [-0.2, -0.15) is 0 Å². The molecule has 0 aromatic heterocycles. The molecule has 1 amide bonds. The van der Waals surface area contributed by atoms with Crippen LogP contribution in [-0.4, -0.2) is 29.1 Å². The fourth-order valence-electron chi connectivity index (χ4n) is 3.24. The van der Waals surface area contributed by atoms with Crippen molar-refractivity contribution in [2.24, 2.45) is 5.92 Å². The molecule has 16 heavy (non-hydrogen) atoms. The third kappa shape index (κ3) is 1.97. The van der Waals surface area contributed by atoms with Crippen molar-refractivity contribution in [1.29, 1.82) is 0 Å². The molecule has 3 nitrogen and oxygen atoms in total. The van der Waals surface area contributed by atoms with Gasteiger partial charge in [-0.3, -0.25) is 10.1 Å². The molecule has 1 saturated heterocycles. The molecule has 0 bridgehead atoms. The van der Waals surface area contributed by atoms with Crippen molar-refractivity contribution in [2.45, 2.75) is 71.1 Å². The Kier molecular flexibility index (Phi) is 3.53. The third-order valence-electron chi connectivity index (χ3n) is 4.21. The molecule has 0 aromatic rings. The summed E-state index contributed by atoms with van der Waals surface area (Å²) in [6.07, 6.45) is 6.37. The third-order valence-corrected chi connectivity index (χ3v) is 4.21. The van der Waals surface area contributed by atoms with E-state index in [1.54, 1.807) is 0 Å². The molecule has 2 rings (SSSR count). The molecule has 1 heterocycles. The van der Waals surface area contributed by atoms with Gasteiger partial charge in [-0.1, -0.05) is 26.7 Å². The molecular formula is C13H24N2O. The van der Waals surface area contributed by atoms with Crippen molar-refractivity contribution in [3.05, 3.63) is 0 Å². The number of carbonyl (C=O) groups is 1. The number of hydrogen-bond acceptors (Lipinski definition) is 2. The monoisotopic (exact) mass is 224 g/mol. The fraction of sp³-hybridized carbons (Fsp3) is 0.923. The van der Waals surface area contributed by atoms with Gasteiger partial charge in [-0.15, -0.1) is 0 Å². The van der Waals surface area contributed by atoms with Gasteiger partial charge in [0.05, 0.1) is 12.2 Å². The lowest BCUT2D eigenvalue weighted by Crippen LogP contribution is -2.48. The first kappa shape index (κ1) is 11.9. The first-order valence-corrected chi connectivity index (χ1v) is 6.73. The Balaban J connectivity index is 2.13. The molecule has 3 heteroatoms. The largest absolute Gasteiger partial charge is 0.323 e. The lowest BCUT2D eigenvalue weighted by atomic mass is 9.84. The maximum Gasteiger partial charge on any atom is 0.240 e. The van der Waals surface area contributed by atoms with E-state index in [4.69, 9.17) is 0 Å². The molecule has 0 radical (unpaired) electrons. The minimum Gasteiger partial charge on any atom is -0.323 e. The molecule has 92 valence electrons. The molecule has 1 aliphatic heterocycles. The minimum absolute atomic E-state index is 0.0130. The quantitative estimate of drug-likeness (QED) is 0.779. The predicted octanol–water partition coefficient (Wildman–Crippen LogP) is 2.12. The zero-order chi connectivity index (χ0) is 11.7. The van der Waals surface area contributed by atoms with Crippen LogP contribution in [-0.2, 0) is 4.79 Å². The van der Waals surface area contributed by atoms with Crippen molar-refractivity contribution in [1.82, 2.24) is 10.2 Å². The second-order valence-electron chi connectivity index (χ2n) is 5.39. The van der Waals surface area contributed by atoms with Gasteiger partial charge >= 0.3 is 0 Å². The maximum atomic E-state index is 12.2. The Bertz CT molecular complexity index is 267. The van der Waals surface area contributed by atoms with E-state index in [1.165, 1.54) is 25.7 Å². The molecule has 0 aromatic carbocycles. The van der Waals surface area contributed by atoms with Gasteiger partial charge in [-0.05, 0) is 32.1 Å². The summed E-state index contributed by atoms with van der Waals surface area (Å²) in [7, 11) is 0. The van der Waals surface area contributed by atoms with E-state index >= 15 is 0 Å². The number of nitrogens with one attached hydrogen (secondary N) is 1. The minimum atomic E-state index is 0.0130. The summed E-state index contributed by atoms with van der Waals surface area (Å²) < 4.78 is 0. The highest BCUT2D eigenvalue weighted by molar-refractivity contribution is 5.84. The zero-order valence-electron chi connectivity index (χ0n) is 10.7. The lowest BCUT2D eigenvalue weighted by Gasteiger charge is -2.39. The molecule has 2 aliphatic rings. The van der Waals surface area contributed by atoms with Crippen LogP contribution < -0.4 is 5.32 Å². The normalized spacial score (nSPS) is 40.4. The first-order chi connectivity index (χ1) is 7.65. The summed E-state index contributed by atoms with van der Waals surface area (Å²) in [6, 6.07) is 0.489. The highest BCUT2D eigenvalue weighted by atomic mass is 16.2. The Morgan fingerprint density at radius 3 is 2.62 bits per heavy atom. The second kappa shape index (κ2) is 4.74. The van der Waals surface area contributed by atoms with E-state index in [1.807, 2.05) is 6.92 Å². The molecular weight excluding hydrogens is 200 g/mol. The van der Waals surface area contributed by atoms with Gasteiger partial charge < -0.3 is 4.90 Å². The smallest absolute Gasteiger partial charge is 0.240 e. The molecule has 2 fully saturated rings. The Hall–Kier alpha value is -0.570. The standard InChI is InChI=1S/C13H24N2O/c1-4-12-14-10(3)13(16)15(12)11-8-6-5-7-9(11)2/h9-12,14H,4-8H2,1-3H3. The maximum absolute atomic E-state index is 12.2. The predicted molar refractivity (Wildman–Crippen MR) is 64.9 cm³/mol. The van der Waals surface area contributed by atoms with Crippen LogP contribution in [0.25, 0.3) is 0 Å². The summed E-state index contributed by atoms with van der Waals surface area (Å²) in [4.78, 5) is 14.3. The first-order valence-electron chi connectivity index (χ1n) is 6.73. The summed E-state index contributed by atoms with van der Waals surface area (Å²) >= 11 is 0. The van der Waals surface area contributed by atoms with Crippen LogP contribution in [0, 0.1) is 5.92 Å². The van der Waals surface area contributed by atoms with Gasteiger partial charge in [-0.25, -0.2) is 0 Å². The van der Waals surface area contributed by atoms with Crippen molar-refractivity contribution in [3.63, 3.8) is 0 Å². The van der Waals surface area contributed by atoms with Crippen LogP contribution in [0.15, 0.2) is 0 Å². The van der Waals surface area contributed by atoms with Crippen LogP contribution in [0.5, 0.6) is 0 Å². The Labute approximate surface area is 98.6 Å². The van der Waals surface area contributed by atoms with E-state index in [0.717, 1.165) is 6.42 Å². The zero-order valence-corrected chi connectivity index (χ0v) is 10.7. The van der Waals surface area contributed by atoms with Gasteiger partial charge in [0.25, 0.3) is 0 Å². The van der Waals surface area contributed by atoms with Crippen LogP contribution in [0.2, 0.25) is 0 Å². The van der Waals surface area contributed by atoms with Crippen LogP contribution >= 0.6 is 0 Å². The van der Waals surface area contributed by atoms with Gasteiger partial charge in [0.15, 0.2) is 0 Å². The second-order valence-corrected chi connectivity index (χ2v) is 5.39. The van der Waals surface area contributed by atoms with Crippen molar-refractivity contribution in [2.75, 3.05) is 0 Å².